The van der Waals surface area contributed by atoms with E-state index >= 15 is 0 Å². The lowest BCUT2D eigenvalue weighted by atomic mass is 10.2. The van der Waals surface area contributed by atoms with Gasteiger partial charge in [0, 0.05) is 11.0 Å². The van der Waals surface area contributed by atoms with Gasteiger partial charge in [-0.05, 0) is 24.6 Å². The van der Waals surface area contributed by atoms with Gasteiger partial charge >= 0.3 is 0 Å². The fourth-order valence-electron chi connectivity index (χ4n) is 1.27. The van der Waals surface area contributed by atoms with E-state index in [9.17, 15) is 8.42 Å². The van der Waals surface area contributed by atoms with E-state index in [-0.39, 0.29) is 4.90 Å². The van der Waals surface area contributed by atoms with Crippen LogP contribution in [0.15, 0.2) is 21.5 Å². The lowest BCUT2D eigenvalue weighted by Crippen LogP contribution is -2.23. The summed E-state index contributed by atoms with van der Waals surface area (Å²) in [6.45, 7) is 3.94. The molecule has 6 heteroatoms. The Morgan fingerprint density at radius 3 is 2.56 bits per heavy atom. The number of halogens is 1. The number of hydrogen-bond donors (Lipinski definition) is 1. The van der Waals surface area contributed by atoms with Gasteiger partial charge in [0.2, 0.25) is 10.0 Å². The summed E-state index contributed by atoms with van der Waals surface area (Å²) in [5.74, 6) is 0.349. The fourth-order valence-corrected chi connectivity index (χ4v) is 2.98. The van der Waals surface area contributed by atoms with Crippen molar-refractivity contribution in [3.05, 3.63) is 22.2 Å². The van der Waals surface area contributed by atoms with Crippen LogP contribution in [0.5, 0.6) is 5.75 Å². The van der Waals surface area contributed by atoms with Crippen molar-refractivity contribution in [2.24, 2.45) is 0 Å². The van der Waals surface area contributed by atoms with Gasteiger partial charge in [-0.1, -0.05) is 22.9 Å². The Morgan fingerprint density at radius 2 is 2.06 bits per heavy atom. The van der Waals surface area contributed by atoms with Gasteiger partial charge in [-0.3, -0.25) is 0 Å². The standard InChI is InChI=1S/C10H14BrNO3S/c1-4-12-16(13,14)10-6-8(11)7(2)5-9(10)15-3/h5-6,12H,4H2,1-3H3. The summed E-state index contributed by atoms with van der Waals surface area (Å²) in [7, 11) is -2.05. The van der Waals surface area contributed by atoms with Gasteiger partial charge in [0.25, 0.3) is 0 Å². The first-order valence-corrected chi connectivity index (χ1v) is 7.03. The molecular weight excluding hydrogens is 294 g/mol. The molecule has 0 spiro atoms. The van der Waals surface area contributed by atoms with E-state index in [1.807, 2.05) is 6.92 Å². The molecule has 90 valence electrons. The Bertz CT molecular complexity index is 485. The van der Waals surface area contributed by atoms with Gasteiger partial charge in [0.1, 0.15) is 10.6 Å². The lowest BCUT2D eigenvalue weighted by Gasteiger charge is -2.11. The van der Waals surface area contributed by atoms with E-state index in [0.29, 0.717) is 12.3 Å². The molecule has 0 amide bonds. The molecular formula is C10H14BrNO3S. The van der Waals surface area contributed by atoms with Crippen molar-refractivity contribution in [1.82, 2.24) is 4.72 Å². The molecule has 0 aromatic heterocycles. The number of nitrogens with one attached hydrogen (secondary N) is 1. The highest BCUT2D eigenvalue weighted by molar-refractivity contribution is 9.10. The van der Waals surface area contributed by atoms with Crippen LogP contribution < -0.4 is 9.46 Å². The molecule has 0 radical (unpaired) electrons. The van der Waals surface area contributed by atoms with Gasteiger partial charge < -0.3 is 4.74 Å². The number of benzene rings is 1. The average molecular weight is 308 g/mol. The number of ether oxygens (including phenoxy) is 1. The highest BCUT2D eigenvalue weighted by Gasteiger charge is 2.19. The lowest BCUT2D eigenvalue weighted by molar-refractivity contribution is 0.402. The second-order valence-corrected chi connectivity index (χ2v) is 5.84. The largest absolute Gasteiger partial charge is 0.495 e. The van der Waals surface area contributed by atoms with Crippen molar-refractivity contribution in [2.45, 2.75) is 18.7 Å². The van der Waals surface area contributed by atoms with Crippen LogP contribution in [0.4, 0.5) is 0 Å². The van der Waals surface area contributed by atoms with E-state index in [4.69, 9.17) is 4.74 Å². The third kappa shape index (κ3) is 2.75. The smallest absolute Gasteiger partial charge is 0.244 e. The summed E-state index contributed by atoms with van der Waals surface area (Å²) >= 11 is 3.31. The van der Waals surface area contributed by atoms with Crippen LogP contribution in [-0.4, -0.2) is 22.1 Å². The molecule has 0 aliphatic heterocycles. The van der Waals surface area contributed by atoms with E-state index in [2.05, 4.69) is 20.7 Å². The highest BCUT2D eigenvalue weighted by Crippen LogP contribution is 2.30. The zero-order chi connectivity index (χ0) is 12.3. The molecule has 16 heavy (non-hydrogen) atoms. The first kappa shape index (κ1) is 13.5. The molecule has 0 saturated heterocycles. The molecule has 0 bridgehead atoms. The summed E-state index contributed by atoms with van der Waals surface area (Å²) < 4.78 is 32.0. The van der Waals surface area contributed by atoms with Crippen molar-refractivity contribution in [2.75, 3.05) is 13.7 Å². The molecule has 4 nitrogen and oxygen atoms in total. The number of sulfonamides is 1. The summed E-state index contributed by atoms with van der Waals surface area (Å²) in [6, 6.07) is 3.24. The van der Waals surface area contributed by atoms with Crippen molar-refractivity contribution >= 4 is 26.0 Å². The van der Waals surface area contributed by atoms with Crippen LogP contribution in [-0.2, 0) is 10.0 Å². The van der Waals surface area contributed by atoms with Crippen LogP contribution in [0.25, 0.3) is 0 Å². The van der Waals surface area contributed by atoms with E-state index in [1.54, 1.807) is 19.1 Å². The predicted octanol–water partition coefficient (Wildman–Crippen LogP) is 2.06. The van der Waals surface area contributed by atoms with E-state index in [0.717, 1.165) is 10.0 Å². The van der Waals surface area contributed by atoms with Gasteiger partial charge in [0.15, 0.2) is 0 Å². The summed E-state index contributed by atoms with van der Waals surface area (Å²) in [5, 5.41) is 0. The zero-order valence-electron chi connectivity index (χ0n) is 9.37. The van der Waals surface area contributed by atoms with Crippen LogP contribution in [0, 0.1) is 6.92 Å². The molecule has 0 unspecified atom stereocenters. The summed E-state index contributed by atoms with van der Waals surface area (Å²) in [6.07, 6.45) is 0. The minimum atomic E-state index is -3.50. The van der Waals surface area contributed by atoms with Crippen molar-refractivity contribution in [3.8, 4) is 5.75 Å². The Morgan fingerprint density at radius 1 is 1.44 bits per heavy atom. The second-order valence-electron chi connectivity index (χ2n) is 3.25. The maximum absolute atomic E-state index is 11.9. The third-order valence-corrected chi connectivity index (χ3v) is 4.49. The maximum Gasteiger partial charge on any atom is 0.244 e. The van der Waals surface area contributed by atoms with Crippen LogP contribution in [0.2, 0.25) is 0 Å². The second kappa shape index (κ2) is 5.16. The van der Waals surface area contributed by atoms with Crippen molar-refractivity contribution in [1.29, 1.82) is 0 Å². The number of aryl methyl sites for hydroxylation is 1. The zero-order valence-corrected chi connectivity index (χ0v) is 11.8. The molecule has 0 saturated carbocycles. The van der Waals surface area contributed by atoms with Crippen LogP contribution >= 0.6 is 15.9 Å². The van der Waals surface area contributed by atoms with Gasteiger partial charge in [-0.25, -0.2) is 13.1 Å². The minimum absolute atomic E-state index is 0.148. The normalized spacial score (nSPS) is 11.5. The quantitative estimate of drug-likeness (QED) is 0.926. The maximum atomic E-state index is 11.9. The molecule has 1 rings (SSSR count). The Labute approximate surface area is 104 Å². The minimum Gasteiger partial charge on any atom is -0.495 e. The molecule has 0 atom stereocenters. The summed E-state index contributed by atoms with van der Waals surface area (Å²) in [5.41, 5.74) is 0.923. The van der Waals surface area contributed by atoms with E-state index < -0.39 is 10.0 Å². The monoisotopic (exact) mass is 307 g/mol. The first-order chi connectivity index (χ1) is 7.42. The van der Waals surface area contributed by atoms with Gasteiger partial charge in [-0.2, -0.15) is 0 Å². The third-order valence-electron chi connectivity index (χ3n) is 2.07. The molecule has 1 aromatic rings. The number of methoxy groups -OCH3 is 1. The first-order valence-electron chi connectivity index (χ1n) is 4.76. The SMILES string of the molecule is CCNS(=O)(=O)c1cc(Br)c(C)cc1OC. The van der Waals surface area contributed by atoms with E-state index in [1.165, 1.54) is 7.11 Å². The molecule has 0 aliphatic carbocycles. The topological polar surface area (TPSA) is 55.4 Å². The molecule has 0 heterocycles. The Kier molecular flexibility index (Phi) is 4.35. The number of hydrogen-bond acceptors (Lipinski definition) is 3. The highest BCUT2D eigenvalue weighted by atomic mass is 79.9. The molecule has 1 aromatic carbocycles. The van der Waals surface area contributed by atoms with Crippen LogP contribution in [0.3, 0.4) is 0 Å². The molecule has 1 N–H and O–H groups in total. The number of rotatable bonds is 4. The molecule has 0 fully saturated rings. The van der Waals surface area contributed by atoms with Crippen LogP contribution in [0.1, 0.15) is 12.5 Å². The van der Waals surface area contributed by atoms with Crippen molar-refractivity contribution < 1.29 is 13.2 Å². The Hall–Kier alpha value is -0.590. The van der Waals surface area contributed by atoms with Gasteiger partial charge in [0.05, 0.1) is 7.11 Å². The summed E-state index contributed by atoms with van der Waals surface area (Å²) in [4.78, 5) is 0.148. The van der Waals surface area contributed by atoms with Gasteiger partial charge in [-0.15, -0.1) is 0 Å². The molecule has 0 aliphatic rings. The predicted molar refractivity (Wildman–Crippen MR) is 66.3 cm³/mol. The average Bonchev–Trinajstić information content (AvgIpc) is 2.21. The Balaban J connectivity index is 3.38. The van der Waals surface area contributed by atoms with Crippen molar-refractivity contribution in [3.63, 3.8) is 0 Å². The fraction of sp³-hybridized carbons (Fsp3) is 0.400.